The number of carbonyl (C=O) groups excluding carboxylic acids is 2. The van der Waals surface area contributed by atoms with E-state index in [9.17, 15) is 9.59 Å². The number of para-hydroxylation sites is 1. The van der Waals surface area contributed by atoms with Crippen molar-refractivity contribution in [3.05, 3.63) is 76.2 Å². The lowest BCUT2D eigenvalue weighted by molar-refractivity contribution is -0.116. The zero-order valence-corrected chi connectivity index (χ0v) is 18.1. The average molecular weight is 426 g/mol. The molecule has 0 saturated heterocycles. The first kappa shape index (κ1) is 21.1. The summed E-state index contributed by atoms with van der Waals surface area (Å²) in [4.78, 5) is 32.1. The summed E-state index contributed by atoms with van der Waals surface area (Å²) in [6, 6.07) is 15.2. The molecule has 0 atom stereocenters. The largest absolute Gasteiger partial charge is 0.332 e. The number of benzene rings is 2. The molecule has 0 fully saturated rings. The Labute approximate surface area is 179 Å². The summed E-state index contributed by atoms with van der Waals surface area (Å²) in [6.07, 6.45) is 0.828. The Morgan fingerprint density at radius 1 is 1.14 bits per heavy atom. The van der Waals surface area contributed by atoms with Crippen LogP contribution < -0.4 is 5.32 Å². The number of nitrogens with zero attached hydrogens (tertiary/aromatic N) is 2. The molecule has 2 aromatic carbocycles. The maximum atomic E-state index is 13.0. The van der Waals surface area contributed by atoms with E-state index >= 15 is 0 Å². The van der Waals surface area contributed by atoms with E-state index in [2.05, 4.69) is 10.3 Å². The fourth-order valence-electron chi connectivity index (χ4n) is 2.86. The number of rotatable bonds is 8. The van der Waals surface area contributed by atoms with E-state index in [-0.39, 0.29) is 18.4 Å². The number of thiazole rings is 1. The highest BCUT2D eigenvalue weighted by molar-refractivity contribution is 7.98. The standard InChI is InChI=1S/C22H23N3O2S2/c1-3-16-8-4-6-10-19(16)24-21(26)12-25(2)22(27)18-9-5-7-11-20(18)29-14-17-13-28-15-23-17/h4-11,13,15H,3,12,14H2,1-2H3,(H,24,26). The van der Waals surface area contributed by atoms with Gasteiger partial charge in [0.05, 0.1) is 23.3 Å². The van der Waals surface area contributed by atoms with Gasteiger partial charge in [0.25, 0.3) is 5.91 Å². The summed E-state index contributed by atoms with van der Waals surface area (Å²) in [5.74, 6) is 0.311. The number of anilines is 1. The summed E-state index contributed by atoms with van der Waals surface area (Å²) in [7, 11) is 1.65. The Balaban J connectivity index is 1.64. The Bertz CT molecular complexity index is 974. The molecule has 2 amide bonds. The molecule has 5 nitrogen and oxygen atoms in total. The van der Waals surface area contributed by atoms with E-state index in [1.165, 1.54) is 4.90 Å². The van der Waals surface area contributed by atoms with Gasteiger partial charge in [-0.05, 0) is 30.2 Å². The molecule has 0 aliphatic carbocycles. The van der Waals surface area contributed by atoms with Gasteiger partial charge in [-0.1, -0.05) is 37.3 Å². The predicted molar refractivity (Wildman–Crippen MR) is 120 cm³/mol. The molecule has 29 heavy (non-hydrogen) atoms. The quantitative estimate of drug-likeness (QED) is 0.531. The van der Waals surface area contributed by atoms with Gasteiger partial charge in [0.15, 0.2) is 0 Å². The lowest BCUT2D eigenvalue weighted by atomic mass is 10.1. The Morgan fingerprint density at radius 3 is 2.66 bits per heavy atom. The minimum atomic E-state index is -0.214. The van der Waals surface area contributed by atoms with Crippen LogP contribution in [0.15, 0.2) is 64.3 Å². The maximum Gasteiger partial charge on any atom is 0.255 e. The summed E-state index contributed by atoms with van der Waals surface area (Å²) >= 11 is 3.13. The molecule has 0 unspecified atom stereocenters. The monoisotopic (exact) mass is 425 g/mol. The van der Waals surface area contributed by atoms with E-state index in [4.69, 9.17) is 0 Å². The van der Waals surface area contributed by atoms with Crippen molar-refractivity contribution in [1.82, 2.24) is 9.88 Å². The summed E-state index contributed by atoms with van der Waals surface area (Å²) < 4.78 is 0. The van der Waals surface area contributed by atoms with E-state index in [1.54, 1.807) is 41.7 Å². The van der Waals surface area contributed by atoms with Gasteiger partial charge < -0.3 is 10.2 Å². The molecule has 1 heterocycles. The number of nitrogens with one attached hydrogen (secondary N) is 1. The van der Waals surface area contributed by atoms with Crippen LogP contribution in [0.5, 0.6) is 0 Å². The Hall–Kier alpha value is -2.64. The average Bonchev–Trinajstić information content (AvgIpc) is 3.26. The Morgan fingerprint density at radius 2 is 1.90 bits per heavy atom. The molecule has 0 bridgehead atoms. The van der Waals surface area contributed by atoms with Crippen LogP contribution in [0.2, 0.25) is 0 Å². The van der Waals surface area contributed by atoms with Crippen molar-refractivity contribution in [3.8, 4) is 0 Å². The van der Waals surface area contributed by atoms with E-state index in [1.807, 2.05) is 54.8 Å². The van der Waals surface area contributed by atoms with Crippen LogP contribution in [-0.4, -0.2) is 35.3 Å². The van der Waals surface area contributed by atoms with Crippen molar-refractivity contribution < 1.29 is 9.59 Å². The number of aromatic nitrogens is 1. The second-order valence-electron chi connectivity index (χ2n) is 6.48. The van der Waals surface area contributed by atoms with Crippen LogP contribution in [0.1, 0.15) is 28.5 Å². The van der Waals surface area contributed by atoms with Gasteiger partial charge in [0.1, 0.15) is 0 Å². The van der Waals surface area contributed by atoms with Crippen LogP contribution in [0.4, 0.5) is 5.69 Å². The third-order valence-electron chi connectivity index (χ3n) is 4.38. The third-order valence-corrected chi connectivity index (χ3v) is 6.12. The van der Waals surface area contributed by atoms with Crippen LogP contribution >= 0.6 is 23.1 Å². The van der Waals surface area contributed by atoms with Gasteiger partial charge in [0.2, 0.25) is 5.91 Å². The molecule has 3 rings (SSSR count). The van der Waals surface area contributed by atoms with Gasteiger partial charge in [-0.15, -0.1) is 23.1 Å². The van der Waals surface area contributed by atoms with Crippen molar-refractivity contribution in [1.29, 1.82) is 0 Å². The van der Waals surface area contributed by atoms with Crippen LogP contribution in [-0.2, 0) is 17.0 Å². The van der Waals surface area contributed by atoms with Crippen LogP contribution in [0, 0.1) is 0 Å². The third kappa shape index (κ3) is 5.68. The number of thioether (sulfide) groups is 1. The van der Waals surface area contributed by atoms with Crippen molar-refractivity contribution in [2.45, 2.75) is 24.0 Å². The zero-order chi connectivity index (χ0) is 20.6. The number of hydrogen-bond donors (Lipinski definition) is 1. The van der Waals surface area contributed by atoms with Crippen LogP contribution in [0.3, 0.4) is 0 Å². The van der Waals surface area contributed by atoms with Crippen LogP contribution in [0.25, 0.3) is 0 Å². The maximum absolute atomic E-state index is 13.0. The van der Waals surface area contributed by atoms with Gasteiger partial charge >= 0.3 is 0 Å². The minimum Gasteiger partial charge on any atom is -0.332 e. The first-order valence-corrected chi connectivity index (χ1v) is 11.2. The number of aryl methyl sites for hydroxylation is 1. The molecule has 0 saturated carbocycles. The fourth-order valence-corrected chi connectivity index (χ4v) is 4.47. The van der Waals surface area contributed by atoms with E-state index < -0.39 is 0 Å². The molecule has 0 aliphatic rings. The highest BCUT2D eigenvalue weighted by Gasteiger charge is 2.18. The van der Waals surface area contributed by atoms with Gasteiger partial charge in [-0.2, -0.15) is 0 Å². The van der Waals surface area contributed by atoms with Gasteiger partial charge in [-0.3, -0.25) is 9.59 Å². The van der Waals surface area contributed by atoms with Crippen molar-refractivity contribution in [2.24, 2.45) is 0 Å². The predicted octanol–water partition coefficient (Wildman–Crippen LogP) is 4.71. The van der Waals surface area contributed by atoms with Crippen molar-refractivity contribution in [2.75, 3.05) is 18.9 Å². The molecular formula is C22H23N3O2S2. The summed E-state index contributed by atoms with van der Waals surface area (Å²) in [5, 5.41) is 4.91. The molecule has 0 aliphatic heterocycles. The number of amides is 2. The lowest BCUT2D eigenvalue weighted by Gasteiger charge is -2.19. The summed E-state index contributed by atoms with van der Waals surface area (Å²) in [5.41, 5.74) is 5.25. The second kappa shape index (κ2) is 10.2. The first-order valence-electron chi connectivity index (χ1n) is 9.30. The normalized spacial score (nSPS) is 10.6. The number of hydrogen-bond acceptors (Lipinski definition) is 5. The molecule has 0 spiro atoms. The highest BCUT2D eigenvalue weighted by atomic mass is 32.2. The molecule has 7 heteroatoms. The molecule has 3 aromatic rings. The van der Waals surface area contributed by atoms with Gasteiger partial charge in [0, 0.05) is 28.8 Å². The fraction of sp³-hybridized carbons (Fsp3) is 0.227. The molecule has 1 aromatic heterocycles. The van der Waals surface area contributed by atoms with Crippen molar-refractivity contribution in [3.63, 3.8) is 0 Å². The molecular weight excluding hydrogens is 402 g/mol. The topological polar surface area (TPSA) is 62.3 Å². The lowest BCUT2D eigenvalue weighted by Crippen LogP contribution is -2.35. The SMILES string of the molecule is CCc1ccccc1NC(=O)CN(C)C(=O)c1ccccc1SCc1cscn1. The minimum absolute atomic E-state index is 0.0119. The first-order chi connectivity index (χ1) is 14.1. The number of likely N-dealkylation sites (N-methyl/N-ethyl adjacent to an activating group) is 1. The van der Waals surface area contributed by atoms with E-state index in [0.717, 1.165) is 28.3 Å². The molecule has 0 radical (unpaired) electrons. The smallest absolute Gasteiger partial charge is 0.255 e. The second-order valence-corrected chi connectivity index (χ2v) is 8.22. The Kier molecular flexibility index (Phi) is 7.43. The summed E-state index contributed by atoms with van der Waals surface area (Å²) in [6.45, 7) is 2.03. The zero-order valence-electron chi connectivity index (χ0n) is 16.4. The number of carbonyl (C=O) groups is 2. The van der Waals surface area contributed by atoms with Gasteiger partial charge in [-0.25, -0.2) is 4.98 Å². The highest BCUT2D eigenvalue weighted by Crippen LogP contribution is 2.27. The molecule has 150 valence electrons. The van der Waals surface area contributed by atoms with E-state index in [0.29, 0.717) is 11.3 Å². The van der Waals surface area contributed by atoms with Crippen molar-refractivity contribution >= 4 is 40.6 Å². The molecule has 1 N–H and O–H groups in total.